The molecule has 10 heteroatoms. The second-order valence-corrected chi connectivity index (χ2v) is 13.4. The third-order valence-corrected chi connectivity index (χ3v) is 9.43. The molecule has 0 amide bonds. The minimum atomic E-state index is -0.963. The molecule has 0 aliphatic carbocycles. The van der Waals surface area contributed by atoms with Gasteiger partial charge < -0.3 is 29.2 Å². The van der Waals surface area contributed by atoms with E-state index in [4.69, 9.17) is 18.9 Å². The van der Waals surface area contributed by atoms with Gasteiger partial charge in [-0.2, -0.15) is 0 Å². The number of carboxylic acid groups (broad SMARTS) is 2. The first-order valence-corrected chi connectivity index (χ1v) is 18.8. The predicted octanol–water partition coefficient (Wildman–Crippen LogP) is 10.5. The summed E-state index contributed by atoms with van der Waals surface area (Å²) in [4.78, 5) is 31.8. The van der Waals surface area contributed by atoms with Crippen LogP contribution >= 0.6 is 0 Å². The highest BCUT2D eigenvalue weighted by atomic mass is 16.5. The van der Waals surface area contributed by atoms with Crippen molar-refractivity contribution < 1.29 is 38.7 Å². The summed E-state index contributed by atoms with van der Waals surface area (Å²) in [6.07, 6.45) is 0. The van der Waals surface area contributed by atoms with Crippen molar-refractivity contribution in [3.8, 4) is 23.0 Å². The van der Waals surface area contributed by atoms with E-state index in [1.54, 1.807) is 55.5 Å². The van der Waals surface area contributed by atoms with Crippen molar-refractivity contribution in [2.45, 2.75) is 33.4 Å². The van der Waals surface area contributed by atoms with Gasteiger partial charge in [-0.25, -0.2) is 19.6 Å². The zero-order valence-corrected chi connectivity index (χ0v) is 32.2. The van der Waals surface area contributed by atoms with Crippen molar-refractivity contribution >= 4 is 33.7 Å². The van der Waals surface area contributed by atoms with Crippen LogP contribution in [0.2, 0.25) is 0 Å². The Morgan fingerprint density at radius 1 is 0.441 bits per heavy atom. The van der Waals surface area contributed by atoms with E-state index in [2.05, 4.69) is 9.97 Å². The molecule has 8 rings (SSSR count). The smallest absolute Gasteiger partial charge is 0.336 e. The summed E-state index contributed by atoms with van der Waals surface area (Å²) >= 11 is 0. The van der Waals surface area contributed by atoms with Crippen LogP contribution in [0.25, 0.3) is 21.8 Å². The summed E-state index contributed by atoms with van der Waals surface area (Å²) in [5.41, 5.74) is 6.29. The molecule has 0 radical (unpaired) electrons. The highest BCUT2D eigenvalue weighted by Gasteiger charge is 2.12. The molecule has 0 saturated heterocycles. The van der Waals surface area contributed by atoms with Crippen LogP contribution in [0.15, 0.2) is 164 Å². The predicted molar refractivity (Wildman–Crippen MR) is 225 cm³/mol. The molecule has 2 aromatic heterocycles. The quantitative estimate of drug-likeness (QED) is 0.110. The molecule has 2 N–H and O–H groups in total. The number of pyridine rings is 2. The normalized spacial score (nSPS) is 10.7. The van der Waals surface area contributed by atoms with E-state index in [1.165, 1.54) is 0 Å². The Bertz CT molecular complexity index is 2720. The molecule has 8 aromatic rings. The summed E-state index contributed by atoms with van der Waals surface area (Å²) in [7, 11) is 0. The Balaban J connectivity index is 0.000000179. The Labute approximate surface area is 340 Å². The lowest BCUT2D eigenvalue weighted by atomic mass is 10.0. The SMILES string of the molecule is Cc1c(COc2cccc(OCc3ccc4ccccc4n3)c2)cccc1C(=O)O.O=C(O)c1ccccc1COc1ccc(OCc2ccc3ccccc3n2)cc1. The van der Waals surface area contributed by atoms with Crippen molar-refractivity contribution in [2.75, 3.05) is 0 Å². The monoisotopic (exact) mass is 784 g/mol. The number of rotatable bonds is 14. The number of aromatic carboxylic acids is 2. The van der Waals surface area contributed by atoms with Crippen LogP contribution in [0.3, 0.4) is 0 Å². The van der Waals surface area contributed by atoms with Crippen molar-refractivity contribution in [1.29, 1.82) is 0 Å². The fourth-order valence-electron chi connectivity index (χ4n) is 6.23. The maximum absolute atomic E-state index is 11.3. The largest absolute Gasteiger partial charge is 0.489 e. The molecule has 0 atom stereocenters. The van der Waals surface area contributed by atoms with Crippen LogP contribution in [0.4, 0.5) is 0 Å². The van der Waals surface area contributed by atoms with Crippen LogP contribution in [0.1, 0.15) is 48.8 Å². The molecular weight excluding hydrogens is 745 g/mol. The van der Waals surface area contributed by atoms with Gasteiger partial charge in [0.05, 0.1) is 33.5 Å². The minimum Gasteiger partial charge on any atom is -0.489 e. The number of carboxylic acids is 2. The Morgan fingerprint density at radius 3 is 1.47 bits per heavy atom. The number of hydrogen-bond acceptors (Lipinski definition) is 8. The molecule has 0 spiro atoms. The molecule has 294 valence electrons. The molecule has 10 nitrogen and oxygen atoms in total. The van der Waals surface area contributed by atoms with Crippen LogP contribution < -0.4 is 18.9 Å². The molecule has 2 heterocycles. The highest BCUT2D eigenvalue weighted by Crippen LogP contribution is 2.24. The first kappa shape index (κ1) is 39.5. The number of carbonyl (C=O) groups is 2. The van der Waals surface area contributed by atoms with E-state index in [9.17, 15) is 19.8 Å². The van der Waals surface area contributed by atoms with Crippen molar-refractivity contribution in [1.82, 2.24) is 9.97 Å². The number of benzene rings is 6. The maximum atomic E-state index is 11.3. The van der Waals surface area contributed by atoms with Crippen LogP contribution in [0.5, 0.6) is 23.0 Å². The number of para-hydroxylation sites is 2. The van der Waals surface area contributed by atoms with E-state index >= 15 is 0 Å². The molecular formula is C49H40N2O8. The number of nitrogens with zero attached hydrogens (tertiary/aromatic N) is 2. The maximum Gasteiger partial charge on any atom is 0.336 e. The summed E-state index contributed by atoms with van der Waals surface area (Å²) in [5.74, 6) is 0.777. The van der Waals surface area contributed by atoms with Gasteiger partial charge in [0.25, 0.3) is 0 Å². The average molecular weight is 785 g/mol. The zero-order valence-electron chi connectivity index (χ0n) is 32.2. The second kappa shape index (κ2) is 18.9. The summed E-state index contributed by atoms with van der Waals surface area (Å²) < 4.78 is 23.3. The summed E-state index contributed by atoms with van der Waals surface area (Å²) in [6, 6.07) is 50.5. The molecule has 0 unspecified atom stereocenters. The van der Waals surface area contributed by atoms with Gasteiger partial charge in [-0.15, -0.1) is 0 Å². The lowest BCUT2D eigenvalue weighted by molar-refractivity contribution is 0.0684. The van der Waals surface area contributed by atoms with E-state index in [0.717, 1.165) is 38.8 Å². The molecule has 6 aromatic carbocycles. The molecule has 0 fully saturated rings. The van der Waals surface area contributed by atoms with Gasteiger partial charge in [0.2, 0.25) is 0 Å². The van der Waals surface area contributed by atoms with Gasteiger partial charge in [-0.1, -0.05) is 84.9 Å². The van der Waals surface area contributed by atoms with Crippen LogP contribution in [-0.2, 0) is 26.4 Å². The molecule has 0 aliphatic rings. The number of ether oxygens (including phenoxy) is 4. The Kier molecular flexibility index (Phi) is 12.7. The van der Waals surface area contributed by atoms with Gasteiger partial charge in [-0.05, 0) is 90.8 Å². The van der Waals surface area contributed by atoms with Crippen molar-refractivity contribution in [3.63, 3.8) is 0 Å². The van der Waals surface area contributed by atoms with E-state index < -0.39 is 11.9 Å². The lowest BCUT2D eigenvalue weighted by Gasteiger charge is -2.12. The fourth-order valence-corrected chi connectivity index (χ4v) is 6.23. The summed E-state index contributed by atoms with van der Waals surface area (Å²) in [6.45, 7) is 2.98. The fraction of sp³-hybridized carbons (Fsp3) is 0.102. The number of hydrogen-bond donors (Lipinski definition) is 2. The first-order chi connectivity index (χ1) is 28.8. The zero-order chi connectivity index (χ0) is 41.0. The standard InChI is InChI=1S/C25H21NO4.C24H19NO4/c1-17-19(7-4-10-23(17)25(27)28)15-29-21-8-5-9-22(14-21)30-16-20-13-12-18-6-2-3-11-24(18)26-20;26-24(27)22-7-3-1-6-18(22)15-28-20-11-13-21(14-12-20)29-16-19-10-9-17-5-2-4-8-23(17)25-19/h2-14H,15-16H2,1H3,(H,27,28);1-14H,15-16H2,(H,26,27). The lowest BCUT2D eigenvalue weighted by Crippen LogP contribution is -2.05. The van der Waals surface area contributed by atoms with Gasteiger partial charge in [0, 0.05) is 22.4 Å². The molecule has 0 bridgehead atoms. The third-order valence-electron chi connectivity index (χ3n) is 9.43. The molecule has 0 aliphatic heterocycles. The Morgan fingerprint density at radius 2 is 0.881 bits per heavy atom. The minimum absolute atomic E-state index is 0.184. The van der Waals surface area contributed by atoms with E-state index in [0.29, 0.717) is 47.3 Å². The highest BCUT2D eigenvalue weighted by molar-refractivity contribution is 5.90. The third kappa shape index (κ3) is 10.6. The van der Waals surface area contributed by atoms with Gasteiger partial charge in [0.15, 0.2) is 0 Å². The van der Waals surface area contributed by atoms with Gasteiger partial charge in [0.1, 0.15) is 49.4 Å². The van der Waals surface area contributed by atoms with E-state index in [1.807, 2.05) is 115 Å². The van der Waals surface area contributed by atoms with Crippen molar-refractivity contribution in [2.24, 2.45) is 0 Å². The molecule has 59 heavy (non-hydrogen) atoms. The second-order valence-electron chi connectivity index (χ2n) is 13.4. The van der Waals surface area contributed by atoms with Crippen LogP contribution in [0, 0.1) is 6.92 Å². The molecule has 0 saturated carbocycles. The van der Waals surface area contributed by atoms with Gasteiger partial charge in [-0.3, -0.25) is 0 Å². The number of aromatic nitrogens is 2. The van der Waals surface area contributed by atoms with Gasteiger partial charge >= 0.3 is 11.9 Å². The summed E-state index contributed by atoms with van der Waals surface area (Å²) in [5, 5.41) is 20.7. The topological polar surface area (TPSA) is 137 Å². The average Bonchev–Trinajstić information content (AvgIpc) is 3.27. The van der Waals surface area contributed by atoms with E-state index in [-0.39, 0.29) is 24.3 Å². The number of fused-ring (bicyclic) bond motifs is 2. The van der Waals surface area contributed by atoms with Crippen LogP contribution in [-0.4, -0.2) is 32.1 Å². The van der Waals surface area contributed by atoms with Crippen molar-refractivity contribution in [3.05, 3.63) is 203 Å². The first-order valence-electron chi connectivity index (χ1n) is 18.8. The Hall–Kier alpha value is -7.72.